The zero-order chi connectivity index (χ0) is 50.0. The molecule has 69 heavy (non-hydrogen) atoms. The summed E-state index contributed by atoms with van der Waals surface area (Å²) >= 11 is 0. The van der Waals surface area contributed by atoms with Crippen LogP contribution in [0.4, 0.5) is 0 Å². The summed E-state index contributed by atoms with van der Waals surface area (Å²) in [7, 11) is 0. The molecule has 406 valence electrons. The lowest BCUT2D eigenvalue weighted by Gasteiger charge is -2.20. The Morgan fingerprint density at radius 1 is 0.391 bits per heavy atom. The van der Waals surface area contributed by atoms with Gasteiger partial charge in [0.15, 0.2) is 0 Å². The van der Waals surface area contributed by atoms with Crippen LogP contribution in [0, 0.1) is 0 Å². The molecule has 0 aromatic heterocycles. The number of nitrogens with one attached hydrogen (secondary N) is 1. The molecule has 0 aromatic rings. The number of rotatable bonds is 57. The number of hydrogen-bond acceptors (Lipinski definition) is 5. The zero-order valence-electron chi connectivity index (χ0n) is 46.3. The molecule has 0 saturated carbocycles. The number of esters is 1. The molecule has 0 heterocycles. The lowest BCUT2D eigenvalue weighted by Crippen LogP contribution is -2.45. The summed E-state index contributed by atoms with van der Waals surface area (Å²) < 4.78 is 5.45. The van der Waals surface area contributed by atoms with E-state index in [0.717, 1.165) is 70.6 Å². The Morgan fingerprint density at radius 2 is 0.681 bits per heavy atom. The van der Waals surface area contributed by atoms with E-state index < -0.39 is 12.1 Å². The molecule has 0 aliphatic heterocycles. The van der Waals surface area contributed by atoms with Gasteiger partial charge in [-0.05, 0) is 83.5 Å². The second-order valence-electron chi connectivity index (χ2n) is 21.0. The number of aliphatic hydroxyl groups excluding tert-OH is 2. The highest BCUT2D eigenvalue weighted by Crippen LogP contribution is 2.17. The first-order chi connectivity index (χ1) is 34.0. The minimum absolute atomic E-state index is 0.0202. The maximum atomic E-state index is 12.5. The normalized spacial score (nSPS) is 12.8. The summed E-state index contributed by atoms with van der Waals surface area (Å²) in [4.78, 5) is 24.5. The van der Waals surface area contributed by atoms with Crippen LogP contribution < -0.4 is 5.32 Å². The van der Waals surface area contributed by atoms with Gasteiger partial charge in [-0.2, -0.15) is 0 Å². The maximum absolute atomic E-state index is 12.5. The fourth-order valence-corrected chi connectivity index (χ4v) is 9.39. The number of amides is 1. The van der Waals surface area contributed by atoms with Crippen molar-refractivity contribution in [1.29, 1.82) is 0 Å². The SMILES string of the molecule is CCCCCC/C=C\CCCCCCCC(=O)OCCCCCC/C=C\CCCCCCCCCC(=O)NC(CO)C(O)/C=C/CCCCCCCCCCCCCCCCCCCCCCCC. The Kier molecular flexibility index (Phi) is 57.0. The minimum Gasteiger partial charge on any atom is -0.466 e. The van der Waals surface area contributed by atoms with Gasteiger partial charge >= 0.3 is 5.97 Å². The van der Waals surface area contributed by atoms with Crippen LogP contribution in [0.15, 0.2) is 36.5 Å². The van der Waals surface area contributed by atoms with Crippen molar-refractivity contribution in [3.8, 4) is 0 Å². The van der Waals surface area contributed by atoms with Crippen LogP contribution >= 0.6 is 0 Å². The molecular formula is C63H119NO5. The van der Waals surface area contributed by atoms with Crippen molar-refractivity contribution in [2.24, 2.45) is 0 Å². The molecule has 2 unspecified atom stereocenters. The van der Waals surface area contributed by atoms with Crippen molar-refractivity contribution in [3.63, 3.8) is 0 Å². The first-order valence-corrected chi connectivity index (χ1v) is 30.8. The quantitative estimate of drug-likeness (QED) is 0.0321. The summed E-state index contributed by atoms with van der Waals surface area (Å²) in [5.41, 5.74) is 0. The van der Waals surface area contributed by atoms with Crippen LogP contribution in [0.3, 0.4) is 0 Å². The largest absolute Gasteiger partial charge is 0.466 e. The number of unbranched alkanes of at least 4 members (excludes halogenated alkanes) is 42. The molecule has 1 amide bonds. The summed E-state index contributed by atoms with van der Waals surface area (Å²) in [5, 5.41) is 23.2. The molecule has 0 spiro atoms. The van der Waals surface area contributed by atoms with E-state index in [-0.39, 0.29) is 18.5 Å². The van der Waals surface area contributed by atoms with E-state index in [9.17, 15) is 19.8 Å². The molecular weight excluding hydrogens is 851 g/mol. The van der Waals surface area contributed by atoms with Crippen LogP contribution in [0.2, 0.25) is 0 Å². The summed E-state index contributed by atoms with van der Waals surface area (Å²) in [6.07, 6.45) is 73.2. The highest BCUT2D eigenvalue weighted by atomic mass is 16.5. The number of ether oxygens (including phenoxy) is 1. The fraction of sp³-hybridized carbons (Fsp3) is 0.873. The topological polar surface area (TPSA) is 95.9 Å². The van der Waals surface area contributed by atoms with E-state index in [1.807, 2.05) is 6.08 Å². The standard InChI is InChI=1S/C63H119NO5/c1-3-5-7-9-11-13-15-17-18-19-20-21-22-23-24-25-26-28-32-35-39-43-47-51-55-61(66)60(59-65)64-62(67)56-52-48-44-40-36-33-29-27-30-34-38-42-46-50-54-58-69-63(68)57-53-49-45-41-37-31-16-14-12-10-8-6-4-2/h14,16,30,34,51,55,60-61,65-66H,3-13,15,17-29,31-33,35-50,52-54,56-59H2,1-2H3,(H,64,67)/b16-14-,34-30-,55-51+. The highest BCUT2D eigenvalue weighted by Gasteiger charge is 2.18. The average molecular weight is 971 g/mol. The van der Waals surface area contributed by atoms with E-state index in [4.69, 9.17) is 4.74 Å². The van der Waals surface area contributed by atoms with Gasteiger partial charge < -0.3 is 20.3 Å². The zero-order valence-corrected chi connectivity index (χ0v) is 46.3. The molecule has 0 aliphatic carbocycles. The van der Waals surface area contributed by atoms with Crippen molar-refractivity contribution in [2.45, 2.75) is 341 Å². The Balaban J connectivity index is 3.51. The molecule has 0 aliphatic rings. The molecule has 0 saturated heterocycles. The van der Waals surface area contributed by atoms with E-state index in [1.54, 1.807) is 6.08 Å². The van der Waals surface area contributed by atoms with Gasteiger partial charge in [0.2, 0.25) is 5.91 Å². The van der Waals surface area contributed by atoms with Crippen LogP contribution in [0.1, 0.15) is 328 Å². The summed E-state index contributed by atoms with van der Waals surface area (Å²) in [6, 6.07) is -0.641. The maximum Gasteiger partial charge on any atom is 0.305 e. The number of aliphatic hydroxyl groups is 2. The third-order valence-corrected chi connectivity index (χ3v) is 14.1. The third-order valence-electron chi connectivity index (χ3n) is 14.1. The van der Waals surface area contributed by atoms with Crippen molar-refractivity contribution in [2.75, 3.05) is 13.2 Å². The molecule has 6 nitrogen and oxygen atoms in total. The Hall–Kier alpha value is -1.92. The Morgan fingerprint density at radius 3 is 1.04 bits per heavy atom. The van der Waals surface area contributed by atoms with Crippen LogP contribution in [-0.4, -0.2) is 47.4 Å². The minimum atomic E-state index is -0.856. The molecule has 6 heteroatoms. The molecule has 0 radical (unpaired) electrons. The van der Waals surface area contributed by atoms with Crippen molar-refractivity contribution < 1.29 is 24.5 Å². The fourth-order valence-electron chi connectivity index (χ4n) is 9.39. The predicted octanol–water partition coefficient (Wildman–Crippen LogP) is 19.2. The van der Waals surface area contributed by atoms with Gasteiger partial charge in [-0.15, -0.1) is 0 Å². The summed E-state index contributed by atoms with van der Waals surface area (Å²) in [5.74, 6) is -0.101. The smallest absolute Gasteiger partial charge is 0.305 e. The first-order valence-electron chi connectivity index (χ1n) is 30.8. The lowest BCUT2D eigenvalue weighted by molar-refractivity contribution is -0.143. The number of carbonyl (C=O) groups excluding carboxylic acids is 2. The molecule has 0 rings (SSSR count). The Bertz CT molecular complexity index is 1120. The molecule has 0 bridgehead atoms. The van der Waals surface area contributed by atoms with Crippen LogP contribution in [-0.2, 0) is 14.3 Å². The summed E-state index contributed by atoms with van der Waals surface area (Å²) in [6.45, 7) is 4.87. The second-order valence-corrected chi connectivity index (χ2v) is 21.0. The van der Waals surface area contributed by atoms with Crippen molar-refractivity contribution >= 4 is 11.9 Å². The molecule has 3 N–H and O–H groups in total. The van der Waals surface area contributed by atoms with E-state index in [2.05, 4.69) is 43.5 Å². The lowest BCUT2D eigenvalue weighted by atomic mass is 10.0. The van der Waals surface area contributed by atoms with Crippen molar-refractivity contribution in [3.05, 3.63) is 36.5 Å². The van der Waals surface area contributed by atoms with Crippen LogP contribution in [0.5, 0.6) is 0 Å². The van der Waals surface area contributed by atoms with Gasteiger partial charge in [-0.25, -0.2) is 0 Å². The van der Waals surface area contributed by atoms with E-state index in [0.29, 0.717) is 19.4 Å². The molecule has 0 aromatic carbocycles. The number of hydrogen-bond donors (Lipinski definition) is 3. The van der Waals surface area contributed by atoms with Crippen LogP contribution in [0.25, 0.3) is 0 Å². The van der Waals surface area contributed by atoms with Gasteiger partial charge in [0.05, 0.1) is 25.4 Å². The number of carbonyl (C=O) groups is 2. The predicted molar refractivity (Wildman–Crippen MR) is 301 cm³/mol. The van der Waals surface area contributed by atoms with Gasteiger partial charge in [-0.1, -0.05) is 269 Å². The van der Waals surface area contributed by atoms with Gasteiger partial charge in [-0.3, -0.25) is 9.59 Å². The second kappa shape index (κ2) is 58.6. The highest BCUT2D eigenvalue weighted by molar-refractivity contribution is 5.76. The van der Waals surface area contributed by atoms with Gasteiger partial charge in [0, 0.05) is 12.8 Å². The third kappa shape index (κ3) is 55.2. The molecule has 2 atom stereocenters. The molecule has 0 fully saturated rings. The van der Waals surface area contributed by atoms with Gasteiger partial charge in [0.25, 0.3) is 0 Å². The monoisotopic (exact) mass is 970 g/mol. The average Bonchev–Trinajstić information content (AvgIpc) is 3.35. The number of allylic oxidation sites excluding steroid dienone is 5. The van der Waals surface area contributed by atoms with E-state index in [1.165, 1.54) is 231 Å². The van der Waals surface area contributed by atoms with Crippen molar-refractivity contribution in [1.82, 2.24) is 5.32 Å². The Labute approximate surface area is 430 Å². The van der Waals surface area contributed by atoms with E-state index >= 15 is 0 Å². The van der Waals surface area contributed by atoms with Gasteiger partial charge in [0.1, 0.15) is 0 Å². The first kappa shape index (κ1) is 67.1.